The van der Waals surface area contributed by atoms with E-state index in [9.17, 15) is 5.11 Å². The molecule has 3 nitrogen and oxygen atoms in total. The molecule has 0 aliphatic rings. The van der Waals surface area contributed by atoms with Crippen LogP contribution in [0, 0.1) is 0 Å². The van der Waals surface area contributed by atoms with Gasteiger partial charge in [-0.3, -0.25) is 0 Å². The minimum atomic E-state index is -0.527. The lowest BCUT2D eigenvalue weighted by Crippen LogP contribution is -2.23. The summed E-state index contributed by atoms with van der Waals surface area (Å²) in [5.41, 5.74) is 2.08. The van der Waals surface area contributed by atoms with Crippen molar-refractivity contribution in [3.8, 4) is 0 Å². The van der Waals surface area contributed by atoms with Crippen LogP contribution >= 0.6 is 11.3 Å². The van der Waals surface area contributed by atoms with Gasteiger partial charge >= 0.3 is 0 Å². The highest BCUT2D eigenvalue weighted by molar-refractivity contribution is 7.07. The summed E-state index contributed by atoms with van der Waals surface area (Å²) in [5, 5.41) is 11.2. The predicted molar refractivity (Wildman–Crippen MR) is 57.5 cm³/mol. The van der Waals surface area contributed by atoms with Crippen LogP contribution in [0.1, 0.15) is 32.6 Å². The maximum absolute atomic E-state index is 9.39. The van der Waals surface area contributed by atoms with Crippen molar-refractivity contribution in [2.45, 2.75) is 32.5 Å². The van der Waals surface area contributed by atoms with Gasteiger partial charge in [-0.05, 0) is 20.8 Å². The molecular formula is C10H15NO2S. The standard InChI is InChI=1S/C10H15NO2S/c1-7(12)9(13-10(2,3)4)8-5-14-6-11-8/h5-6,9,12H,1H2,2-4H3. The second-order valence-corrected chi connectivity index (χ2v) is 4.73. The molecule has 0 radical (unpaired) electrons. The van der Waals surface area contributed by atoms with Crippen LogP contribution in [0.2, 0.25) is 0 Å². The third-order valence-corrected chi connectivity index (χ3v) is 2.10. The molecule has 1 aromatic rings. The Labute approximate surface area is 88.1 Å². The van der Waals surface area contributed by atoms with Gasteiger partial charge in [0.15, 0.2) is 6.10 Å². The Balaban J connectivity index is 2.82. The molecule has 0 aromatic carbocycles. The van der Waals surface area contributed by atoms with Crippen molar-refractivity contribution in [1.29, 1.82) is 0 Å². The van der Waals surface area contributed by atoms with E-state index in [1.165, 1.54) is 11.3 Å². The third-order valence-electron chi connectivity index (χ3n) is 1.49. The number of ether oxygens (including phenoxy) is 1. The van der Waals surface area contributed by atoms with Crippen molar-refractivity contribution in [1.82, 2.24) is 4.98 Å². The average Bonchev–Trinajstić information content (AvgIpc) is 2.49. The van der Waals surface area contributed by atoms with Crippen molar-refractivity contribution in [2.75, 3.05) is 0 Å². The monoisotopic (exact) mass is 213 g/mol. The van der Waals surface area contributed by atoms with E-state index >= 15 is 0 Å². The van der Waals surface area contributed by atoms with Crippen molar-refractivity contribution >= 4 is 11.3 Å². The summed E-state index contributed by atoms with van der Waals surface area (Å²) in [6.45, 7) is 9.27. The highest BCUT2D eigenvalue weighted by Crippen LogP contribution is 2.27. The summed E-state index contributed by atoms with van der Waals surface area (Å²) in [4.78, 5) is 4.09. The number of aliphatic hydroxyl groups excluding tert-OH is 1. The Morgan fingerprint density at radius 2 is 2.29 bits per heavy atom. The van der Waals surface area contributed by atoms with Crippen molar-refractivity contribution in [3.63, 3.8) is 0 Å². The molecule has 0 saturated carbocycles. The summed E-state index contributed by atoms with van der Waals surface area (Å²) in [6.07, 6.45) is -0.527. The summed E-state index contributed by atoms with van der Waals surface area (Å²) in [7, 11) is 0. The first kappa shape index (κ1) is 11.2. The molecule has 1 heterocycles. The first-order valence-corrected chi connectivity index (χ1v) is 5.28. The minimum Gasteiger partial charge on any atom is -0.510 e. The smallest absolute Gasteiger partial charge is 0.157 e. The topological polar surface area (TPSA) is 42.4 Å². The molecule has 1 N–H and O–H groups in total. The van der Waals surface area contributed by atoms with E-state index in [-0.39, 0.29) is 11.4 Å². The number of hydrogen-bond acceptors (Lipinski definition) is 4. The molecule has 0 aliphatic carbocycles. The molecule has 78 valence electrons. The molecule has 1 rings (SSSR count). The molecule has 4 heteroatoms. The fourth-order valence-electron chi connectivity index (χ4n) is 1.00. The Morgan fingerprint density at radius 1 is 1.64 bits per heavy atom. The number of thiazole rings is 1. The number of hydrogen-bond donors (Lipinski definition) is 1. The molecule has 0 saturated heterocycles. The van der Waals surface area contributed by atoms with E-state index in [0.717, 1.165) is 0 Å². The third kappa shape index (κ3) is 3.12. The van der Waals surface area contributed by atoms with Gasteiger partial charge in [-0.25, -0.2) is 4.98 Å². The van der Waals surface area contributed by atoms with Gasteiger partial charge in [0.1, 0.15) is 5.76 Å². The predicted octanol–water partition coefficient (Wildman–Crippen LogP) is 3.07. The van der Waals surface area contributed by atoms with E-state index in [1.54, 1.807) is 5.51 Å². The number of aliphatic hydroxyl groups is 1. The maximum Gasteiger partial charge on any atom is 0.157 e. The first-order valence-electron chi connectivity index (χ1n) is 4.34. The van der Waals surface area contributed by atoms with Crippen LogP contribution in [0.4, 0.5) is 0 Å². The number of rotatable bonds is 3. The molecule has 0 aliphatic heterocycles. The van der Waals surface area contributed by atoms with Crippen molar-refractivity contribution in [2.24, 2.45) is 0 Å². The lowest BCUT2D eigenvalue weighted by molar-refractivity contribution is -0.0610. The second kappa shape index (κ2) is 4.11. The van der Waals surface area contributed by atoms with E-state index in [4.69, 9.17) is 4.74 Å². The van der Waals surface area contributed by atoms with E-state index < -0.39 is 6.10 Å². The van der Waals surface area contributed by atoms with Gasteiger partial charge in [0.05, 0.1) is 16.8 Å². The van der Waals surface area contributed by atoms with E-state index in [2.05, 4.69) is 11.6 Å². The maximum atomic E-state index is 9.39. The average molecular weight is 213 g/mol. The van der Waals surface area contributed by atoms with Gasteiger partial charge < -0.3 is 9.84 Å². The molecule has 1 atom stereocenters. The molecule has 0 fully saturated rings. The van der Waals surface area contributed by atoms with Gasteiger partial charge in [0, 0.05) is 5.38 Å². The summed E-state index contributed by atoms with van der Waals surface area (Å²) >= 11 is 1.47. The van der Waals surface area contributed by atoms with Crippen LogP contribution in [0.3, 0.4) is 0 Å². The highest BCUT2D eigenvalue weighted by Gasteiger charge is 2.24. The van der Waals surface area contributed by atoms with Gasteiger partial charge in [-0.1, -0.05) is 6.58 Å². The quantitative estimate of drug-likeness (QED) is 0.785. The highest BCUT2D eigenvalue weighted by atomic mass is 32.1. The lowest BCUT2D eigenvalue weighted by atomic mass is 10.1. The van der Waals surface area contributed by atoms with Crippen molar-refractivity contribution < 1.29 is 9.84 Å². The Hall–Kier alpha value is -0.870. The van der Waals surface area contributed by atoms with E-state index in [1.807, 2.05) is 26.2 Å². The second-order valence-electron chi connectivity index (χ2n) is 4.01. The molecular weight excluding hydrogens is 198 g/mol. The van der Waals surface area contributed by atoms with Crippen LogP contribution in [-0.4, -0.2) is 15.7 Å². The van der Waals surface area contributed by atoms with Crippen LogP contribution < -0.4 is 0 Å². The summed E-state index contributed by atoms with van der Waals surface area (Å²) in [5.74, 6) is -0.00850. The van der Waals surface area contributed by atoms with Gasteiger partial charge in [-0.2, -0.15) is 0 Å². The SMILES string of the molecule is C=C(O)C(OC(C)(C)C)c1cscn1. The first-order chi connectivity index (χ1) is 6.40. The minimum absolute atomic E-state index is 0.00850. The molecule has 0 bridgehead atoms. The number of nitrogens with zero attached hydrogens (tertiary/aromatic N) is 1. The molecule has 0 spiro atoms. The normalized spacial score (nSPS) is 13.9. The fraction of sp³-hybridized carbons (Fsp3) is 0.500. The molecule has 0 amide bonds. The van der Waals surface area contributed by atoms with Crippen LogP contribution in [0.25, 0.3) is 0 Å². The zero-order valence-corrected chi connectivity index (χ0v) is 9.47. The van der Waals surface area contributed by atoms with Gasteiger partial charge in [-0.15, -0.1) is 11.3 Å². The molecule has 1 aromatic heterocycles. The fourth-order valence-corrected chi connectivity index (χ4v) is 1.57. The van der Waals surface area contributed by atoms with Gasteiger partial charge in [0.25, 0.3) is 0 Å². The summed E-state index contributed by atoms with van der Waals surface area (Å²) in [6, 6.07) is 0. The largest absolute Gasteiger partial charge is 0.510 e. The van der Waals surface area contributed by atoms with Crippen LogP contribution in [0.15, 0.2) is 23.2 Å². The lowest BCUT2D eigenvalue weighted by Gasteiger charge is -2.25. The Bertz CT molecular complexity index is 300. The number of aromatic nitrogens is 1. The van der Waals surface area contributed by atoms with Crippen LogP contribution in [-0.2, 0) is 4.74 Å². The Kier molecular flexibility index (Phi) is 3.29. The van der Waals surface area contributed by atoms with E-state index in [0.29, 0.717) is 5.69 Å². The Morgan fingerprint density at radius 3 is 2.64 bits per heavy atom. The summed E-state index contributed by atoms with van der Waals surface area (Å²) < 4.78 is 5.64. The molecule has 14 heavy (non-hydrogen) atoms. The van der Waals surface area contributed by atoms with Gasteiger partial charge in [0.2, 0.25) is 0 Å². The molecule has 1 unspecified atom stereocenters. The zero-order chi connectivity index (χ0) is 10.8. The van der Waals surface area contributed by atoms with Crippen molar-refractivity contribution in [3.05, 3.63) is 28.9 Å². The zero-order valence-electron chi connectivity index (χ0n) is 8.65. The van der Waals surface area contributed by atoms with Crippen LogP contribution in [0.5, 0.6) is 0 Å².